The summed E-state index contributed by atoms with van der Waals surface area (Å²) in [5.74, 6) is 0.680. The van der Waals surface area contributed by atoms with E-state index in [4.69, 9.17) is 10.7 Å². The van der Waals surface area contributed by atoms with Crippen molar-refractivity contribution in [3.05, 3.63) is 42.2 Å². The van der Waals surface area contributed by atoms with Crippen molar-refractivity contribution in [2.24, 2.45) is 12.8 Å². The fourth-order valence-electron chi connectivity index (χ4n) is 4.59. The molecule has 4 aromatic heterocycles. The van der Waals surface area contributed by atoms with Gasteiger partial charge >= 0.3 is 0 Å². The van der Waals surface area contributed by atoms with Crippen LogP contribution >= 0.6 is 0 Å². The minimum absolute atomic E-state index is 0.165. The van der Waals surface area contributed by atoms with Gasteiger partial charge in [-0.25, -0.2) is 9.97 Å². The van der Waals surface area contributed by atoms with Gasteiger partial charge in [0.05, 0.1) is 18.3 Å². The third-order valence-corrected chi connectivity index (χ3v) is 6.14. The molecular formula is C21H27N9O. The fraction of sp³-hybridized carbons (Fsp3) is 0.429. The second-order valence-electron chi connectivity index (χ2n) is 8.01. The number of aromatic nitrogens is 6. The van der Waals surface area contributed by atoms with Gasteiger partial charge in [0.15, 0.2) is 0 Å². The molecule has 0 unspecified atom stereocenters. The molecule has 0 spiro atoms. The van der Waals surface area contributed by atoms with Gasteiger partial charge in [-0.2, -0.15) is 5.10 Å². The molecule has 1 aliphatic heterocycles. The number of carbonyl (C=O) groups is 1. The maximum Gasteiger partial charge on any atom is 0.269 e. The van der Waals surface area contributed by atoms with Crippen LogP contribution in [0.5, 0.6) is 0 Å². The second-order valence-corrected chi connectivity index (χ2v) is 8.01. The summed E-state index contributed by atoms with van der Waals surface area (Å²) in [7, 11) is 1.76. The Morgan fingerprint density at radius 1 is 1.32 bits per heavy atom. The SMILES string of the molecule is Cn1nccc1C(=O)NCc1nc2cnc3[nH]ccc3c2n1C1CCN(CCN)CC1. The van der Waals surface area contributed by atoms with Crippen molar-refractivity contribution < 1.29 is 4.79 Å². The molecule has 0 radical (unpaired) electrons. The van der Waals surface area contributed by atoms with Gasteiger partial charge in [-0.05, 0) is 25.0 Å². The van der Waals surface area contributed by atoms with E-state index in [0.717, 1.165) is 60.4 Å². The van der Waals surface area contributed by atoms with E-state index in [2.05, 4.69) is 29.9 Å². The van der Waals surface area contributed by atoms with Crippen LogP contribution in [0.4, 0.5) is 0 Å². The van der Waals surface area contributed by atoms with Crippen LogP contribution in [0.3, 0.4) is 0 Å². The first-order valence-electron chi connectivity index (χ1n) is 10.7. The van der Waals surface area contributed by atoms with E-state index in [1.807, 2.05) is 12.3 Å². The maximum absolute atomic E-state index is 12.6. The average Bonchev–Trinajstić information content (AvgIpc) is 3.50. The van der Waals surface area contributed by atoms with E-state index >= 15 is 0 Å². The van der Waals surface area contributed by atoms with Gasteiger partial charge in [0.25, 0.3) is 5.91 Å². The van der Waals surface area contributed by atoms with E-state index < -0.39 is 0 Å². The number of carbonyl (C=O) groups excluding carboxylic acids is 1. The summed E-state index contributed by atoms with van der Waals surface area (Å²) in [6, 6.07) is 4.06. The van der Waals surface area contributed by atoms with Crippen molar-refractivity contribution in [3.8, 4) is 0 Å². The first-order chi connectivity index (χ1) is 15.2. The lowest BCUT2D eigenvalue weighted by atomic mass is 10.0. The van der Waals surface area contributed by atoms with Crippen LogP contribution in [0.15, 0.2) is 30.7 Å². The Morgan fingerprint density at radius 3 is 2.90 bits per heavy atom. The van der Waals surface area contributed by atoms with Gasteiger partial charge in [-0.1, -0.05) is 0 Å². The summed E-state index contributed by atoms with van der Waals surface area (Å²) in [4.78, 5) is 27.6. The molecule has 0 saturated carbocycles. The molecule has 0 bridgehead atoms. The molecule has 1 fully saturated rings. The first-order valence-corrected chi connectivity index (χ1v) is 10.7. The number of piperidine rings is 1. The van der Waals surface area contributed by atoms with Crippen LogP contribution < -0.4 is 11.1 Å². The molecule has 10 nitrogen and oxygen atoms in total. The Bertz CT molecular complexity index is 1210. The number of rotatable bonds is 6. The number of fused-ring (bicyclic) bond motifs is 3. The van der Waals surface area contributed by atoms with Crippen molar-refractivity contribution in [1.82, 2.24) is 39.5 Å². The Hall–Kier alpha value is -3.24. The Labute approximate surface area is 179 Å². The summed E-state index contributed by atoms with van der Waals surface area (Å²) in [5, 5.41) is 8.15. The molecule has 1 aliphatic rings. The lowest BCUT2D eigenvalue weighted by Crippen LogP contribution is -2.38. The number of pyridine rings is 1. The largest absolute Gasteiger partial charge is 0.346 e. The first kappa shape index (κ1) is 19.7. The van der Waals surface area contributed by atoms with E-state index in [9.17, 15) is 4.79 Å². The monoisotopic (exact) mass is 421 g/mol. The molecule has 5 rings (SSSR count). The standard InChI is InChI=1S/C21H27N9O/c1-28-17(3-8-26-28)21(31)25-13-18-27-16-12-24-20-15(2-7-23-20)19(16)30(18)14-4-9-29(10-5-14)11-6-22/h2-3,7-8,12,14H,4-6,9-11,13,22H2,1H3,(H,23,24)(H,25,31). The molecule has 0 aliphatic carbocycles. The van der Waals surface area contributed by atoms with Crippen molar-refractivity contribution in [1.29, 1.82) is 0 Å². The maximum atomic E-state index is 12.6. The predicted octanol–water partition coefficient (Wildman–Crippen LogP) is 1.17. The summed E-state index contributed by atoms with van der Waals surface area (Å²) >= 11 is 0. The number of hydrogen-bond donors (Lipinski definition) is 3. The molecule has 4 aromatic rings. The minimum atomic E-state index is -0.165. The lowest BCUT2D eigenvalue weighted by Gasteiger charge is -2.33. The smallest absolute Gasteiger partial charge is 0.269 e. The number of nitrogens with two attached hydrogens (primary N) is 1. The summed E-state index contributed by atoms with van der Waals surface area (Å²) < 4.78 is 3.88. The quantitative estimate of drug-likeness (QED) is 0.430. The molecule has 4 N–H and O–H groups in total. The van der Waals surface area contributed by atoms with E-state index in [1.165, 1.54) is 0 Å². The molecule has 5 heterocycles. The number of aryl methyl sites for hydroxylation is 1. The van der Waals surface area contributed by atoms with Gasteiger partial charge in [-0.3, -0.25) is 9.48 Å². The number of hydrogen-bond acceptors (Lipinski definition) is 6. The molecule has 10 heteroatoms. The number of imidazole rings is 1. The molecule has 0 atom stereocenters. The van der Waals surface area contributed by atoms with Gasteiger partial charge in [0.2, 0.25) is 0 Å². The van der Waals surface area contributed by atoms with Gasteiger partial charge in [0.1, 0.15) is 22.7 Å². The Balaban J connectivity index is 1.49. The van der Waals surface area contributed by atoms with Crippen molar-refractivity contribution in [3.63, 3.8) is 0 Å². The van der Waals surface area contributed by atoms with Crippen molar-refractivity contribution in [2.75, 3.05) is 26.2 Å². The minimum Gasteiger partial charge on any atom is -0.346 e. The number of likely N-dealkylation sites (tertiary alicyclic amines) is 1. The predicted molar refractivity (Wildman–Crippen MR) is 118 cm³/mol. The van der Waals surface area contributed by atoms with E-state index in [0.29, 0.717) is 24.8 Å². The van der Waals surface area contributed by atoms with Crippen molar-refractivity contribution in [2.45, 2.75) is 25.4 Å². The highest BCUT2D eigenvalue weighted by Crippen LogP contribution is 2.32. The van der Waals surface area contributed by atoms with E-state index in [1.54, 1.807) is 30.2 Å². The highest BCUT2D eigenvalue weighted by Gasteiger charge is 2.26. The zero-order chi connectivity index (χ0) is 21.4. The zero-order valence-electron chi connectivity index (χ0n) is 17.6. The van der Waals surface area contributed by atoms with Crippen LogP contribution in [0.2, 0.25) is 0 Å². The number of nitrogens with zero attached hydrogens (tertiary/aromatic N) is 6. The molecule has 1 saturated heterocycles. The summed E-state index contributed by atoms with van der Waals surface area (Å²) in [5.41, 5.74) is 9.04. The zero-order valence-corrected chi connectivity index (χ0v) is 17.6. The van der Waals surface area contributed by atoms with Crippen LogP contribution in [0, 0.1) is 0 Å². The number of aromatic amines is 1. The van der Waals surface area contributed by atoms with Gasteiger partial charge in [0, 0.05) is 57.0 Å². The molecule has 162 valence electrons. The summed E-state index contributed by atoms with van der Waals surface area (Å²) in [6.07, 6.45) is 7.36. The third-order valence-electron chi connectivity index (χ3n) is 6.14. The van der Waals surface area contributed by atoms with Crippen LogP contribution in [-0.4, -0.2) is 66.3 Å². The number of nitrogens with one attached hydrogen (secondary N) is 2. The number of H-pyrrole nitrogens is 1. The third kappa shape index (κ3) is 3.57. The van der Waals surface area contributed by atoms with Crippen LogP contribution in [0.25, 0.3) is 22.1 Å². The molecule has 31 heavy (non-hydrogen) atoms. The van der Waals surface area contributed by atoms with Gasteiger partial charge < -0.3 is 25.5 Å². The topological polar surface area (TPSA) is 123 Å². The Morgan fingerprint density at radius 2 is 2.16 bits per heavy atom. The highest BCUT2D eigenvalue weighted by atomic mass is 16.2. The highest BCUT2D eigenvalue weighted by molar-refractivity contribution is 6.01. The molecule has 0 aromatic carbocycles. The van der Waals surface area contributed by atoms with E-state index in [-0.39, 0.29) is 5.91 Å². The average molecular weight is 422 g/mol. The molecular weight excluding hydrogens is 394 g/mol. The Kier molecular flexibility index (Phi) is 5.16. The fourth-order valence-corrected chi connectivity index (χ4v) is 4.59. The van der Waals surface area contributed by atoms with Crippen LogP contribution in [0.1, 0.15) is 35.2 Å². The number of amides is 1. The molecule has 1 amide bonds. The lowest BCUT2D eigenvalue weighted by molar-refractivity contribution is 0.0939. The van der Waals surface area contributed by atoms with Crippen LogP contribution in [-0.2, 0) is 13.6 Å². The normalized spacial score (nSPS) is 15.8. The summed E-state index contributed by atoms with van der Waals surface area (Å²) in [6.45, 7) is 3.96. The van der Waals surface area contributed by atoms with Gasteiger partial charge in [-0.15, -0.1) is 0 Å². The second kappa shape index (κ2) is 8.12. The van der Waals surface area contributed by atoms with Crippen molar-refractivity contribution >= 4 is 28.0 Å².